The number of phosphoric ester groups is 2. The van der Waals surface area contributed by atoms with Gasteiger partial charge in [0.05, 0.1) is 26.4 Å². The third-order valence-electron chi connectivity index (χ3n) is 19.4. The third kappa shape index (κ3) is 71.5. The van der Waals surface area contributed by atoms with E-state index in [1.54, 1.807) is 0 Å². The molecule has 7 atom stereocenters. The van der Waals surface area contributed by atoms with Crippen LogP contribution in [0.15, 0.2) is 0 Å². The number of ether oxygens (including phenoxy) is 4. The normalized spacial score (nSPS) is 14.5. The molecule has 4 unspecified atom stereocenters. The van der Waals surface area contributed by atoms with Crippen molar-refractivity contribution in [1.29, 1.82) is 0 Å². The Morgan fingerprint density at radius 2 is 0.515 bits per heavy atom. The Kier molecular flexibility index (Phi) is 69.0. The second kappa shape index (κ2) is 70.4. The molecule has 0 aliphatic rings. The van der Waals surface area contributed by atoms with Crippen molar-refractivity contribution in [2.45, 2.75) is 433 Å². The molecule has 0 radical (unpaired) electrons. The Balaban J connectivity index is 5.27. The smallest absolute Gasteiger partial charge is 0.462 e. The largest absolute Gasteiger partial charge is 0.472 e. The molecule has 0 aliphatic heterocycles. The van der Waals surface area contributed by atoms with Gasteiger partial charge in [0, 0.05) is 25.7 Å². The maximum Gasteiger partial charge on any atom is 0.472 e. The molecule has 0 saturated carbocycles. The second-order valence-electron chi connectivity index (χ2n) is 29.8. The summed E-state index contributed by atoms with van der Waals surface area (Å²) in [6.07, 6.45) is 58.0. The Morgan fingerprint density at radius 1 is 0.293 bits per heavy atom. The predicted octanol–water partition coefficient (Wildman–Crippen LogP) is 23.7. The minimum absolute atomic E-state index is 0.107. The van der Waals surface area contributed by atoms with Crippen molar-refractivity contribution < 1.29 is 80.2 Å². The number of hydrogen-bond donors (Lipinski definition) is 3. The predicted molar refractivity (Wildman–Crippen MR) is 405 cm³/mol. The molecular formula is C80H156O17P2. The quantitative estimate of drug-likeness (QED) is 0.0222. The fourth-order valence-corrected chi connectivity index (χ4v) is 13.8. The van der Waals surface area contributed by atoms with E-state index in [9.17, 15) is 43.2 Å². The minimum Gasteiger partial charge on any atom is -0.462 e. The average Bonchev–Trinajstić information content (AvgIpc) is 1.05. The summed E-state index contributed by atoms with van der Waals surface area (Å²) in [7, 11) is -9.92. The Hall–Kier alpha value is -1.94. The van der Waals surface area contributed by atoms with E-state index >= 15 is 0 Å². The molecule has 19 heteroatoms. The fourth-order valence-electron chi connectivity index (χ4n) is 12.2. The zero-order valence-electron chi connectivity index (χ0n) is 65.0. The molecule has 0 heterocycles. The molecule has 0 aromatic carbocycles. The van der Waals surface area contributed by atoms with Gasteiger partial charge in [-0.2, -0.15) is 0 Å². The topological polar surface area (TPSA) is 237 Å². The number of carbonyl (C=O) groups excluding carboxylic acids is 4. The van der Waals surface area contributed by atoms with Crippen LogP contribution in [0.25, 0.3) is 0 Å². The summed E-state index contributed by atoms with van der Waals surface area (Å²) in [5.41, 5.74) is 0. The van der Waals surface area contributed by atoms with Crippen LogP contribution in [-0.4, -0.2) is 96.7 Å². The van der Waals surface area contributed by atoms with Crippen LogP contribution >= 0.6 is 15.6 Å². The molecular weight excluding hydrogens is 1290 g/mol. The van der Waals surface area contributed by atoms with Crippen LogP contribution < -0.4 is 0 Å². The van der Waals surface area contributed by atoms with E-state index in [0.717, 1.165) is 108 Å². The lowest BCUT2D eigenvalue weighted by Crippen LogP contribution is -2.30. The summed E-state index contributed by atoms with van der Waals surface area (Å²) in [6, 6.07) is 0. The van der Waals surface area contributed by atoms with Crippen LogP contribution in [0.2, 0.25) is 0 Å². The van der Waals surface area contributed by atoms with Crippen LogP contribution in [0.5, 0.6) is 0 Å². The number of rotatable bonds is 78. The third-order valence-corrected chi connectivity index (χ3v) is 21.3. The summed E-state index contributed by atoms with van der Waals surface area (Å²) in [5.74, 6) is 0.295. The van der Waals surface area contributed by atoms with Crippen LogP contribution in [0.4, 0.5) is 0 Å². The monoisotopic (exact) mass is 1450 g/mol. The van der Waals surface area contributed by atoms with Crippen molar-refractivity contribution in [3.8, 4) is 0 Å². The standard InChI is InChI=1S/C80H156O17P2/c1-8-11-12-13-14-15-16-17-21-28-33-42-49-56-63-79(84)97-76(68-91-78(83)62-55-48-41-36-35-39-46-53-60-73(7)10-3)70-95-99(88,89)93-66-74(81)65-92-98(86,87)94-69-75(67-90-77(82)61-54-47-40-32-27-24-23-25-30-37-44-51-58-71(4)5)96-80(85)64-57-50-43-34-29-22-19-18-20-26-31-38-45-52-59-72(6)9-2/h71-76,81H,8-70H2,1-7H3,(H,86,87)(H,88,89)/t72?,73?,74-,75-,76-/m1/s1. The van der Waals surface area contributed by atoms with Crippen molar-refractivity contribution in [3.05, 3.63) is 0 Å². The van der Waals surface area contributed by atoms with Gasteiger partial charge in [0.1, 0.15) is 19.3 Å². The first-order valence-corrected chi connectivity index (χ1v) is 44.4. The summed E-state index contributed by atoms with van der Waals surface area (Å²) in [6.45, 7) is 12.0. The van der Waals surface area contributed by atoms with Gasteiger partial charge in [-0.25, -0.2) is 9.13 Å². The van der Waals surface area contributed by atoms with Gasteiger partial charge < -0.3 is 33.8 Å². The van der Waals surface area contributed by atoms with E-state index in [-0.39, 0.29) is 25.7 Å². The first-order valence-electron chi connectivity index (χ1n) is 41.4. The molecule has 0 amide bonds. The van der Waals surface area contributed by atoms with E-state index in [2.05, 4.69) is 48.5 Å². The molecule has 0 bridgehead atoms. The van der Waals surface area contributed by atoms with E-state index in [4.69, 9.17) is 37.0 Å². The molecule has 0 fully saturated rings. The summed E-state index contributed by atoms with van der Waals surface area (Å²) < 4.78 is 68.7. The molecule has 0 spiro atoms. The average molecular weight is 1450 g/mol. The molecule has 3 N–H and O–H groups in total. The second-order valence-corrected chi connectivity index (χ2v) is 32.7. The van der Waals surface area contributed by atoms with Gasteiger partial charge in [-0.05, 0) is 43.4 Å². The van der Waals surface area contributed by atoms with Gasteiger partial charge in [0.15, 0.2) is 12.2 Å². The highest BCUT2D eigenvalue weighted by molar-refractivity contribution is 7.47. The lowest BCUT2D eigenvalue weighted by Gasteiger charge is -2.21. The number of unbranched alkanes of at least 4 members (excludes halogenated alkanes) is 44. The van der Waals surface area contributed by atoms with Crippen molar-refractivity contribution in [2.24, 2.45) is 17.8 Å². The van der Waals surface area contributed by atoms with Crippen LogP contribution in [0, 0.1) is 17.8 Å². The summed E-state index contributed by atoms with van der Waals surface area (Å²) in [4.78, 5) is 73.0. The SMILES string of the molecule is CCCCCCCCCCCCCCCCC(=O)O[C@H](COC(=O)CCCCCCCCCCC(C)CC)COP(=O)(O)OC[C@H](O)COP(=O)(O)OC[C@@H](COC(=O)CCCCCCCCCCCCCCC(C)C)OC(=O)CCCCCCCCCCCCCCCCC(C)CC. The van der Waals surface area contributed by atoms with E-state index < -0.39 is 97.5 Å². The molecule has 0 aromatic heterocycles. The number of aliphatic hydroxyl groups excluding tert-OH is 1. The Labute approximate surface area is 607 Å². The lowest BCUT2D eigenvalue weighted by atomic mass is 9.99. The Bertz CT molecular complexity index is 1930. The van der Waals surface area contributed by atoms with Crippen LogP contribution in [-0.2, 0) is 65.4 Å². The molecule has 0 aromatic rings. The van der Waals surface area contributed by atoms with Gasteiger partial charge in [0.25, 0.3) is 0 Å². The van der Waals surface area contributed by atoms with Crippen molar-refractivity contribution in [3.63, 3.8) is 0 Å². The highest BCUT2D eigenvalue weighted by atomic mass is 31.2. The molecule has 588 valence electrons. The van der Waals surface area contributed by atoms with Crippen molar-refractivity contribution >= 4 is 39.5 Å². The van der Waals surface area contributed by atoms with Gasteiger partial charge >= 0.3 is 39.5 Å². The van der Waals surface area contributed by atoms with Crippen LogP contribution in [0.3, 0.4) is 0 Å². The minimum atomic E-state index is -4.96. The number of aliphatic hydroxyl groups is 1. The summed E-state index contributed by atoms with van der Waals surface area (Å²) >= 11 is 0. The molecule has 99 heavy (non-hydrogen) atoms. The molecule has 17 nitrogen and oxygen atoms in total. The first kappa shape index (κ1) is 97.1. The van der Waals surface area contributed by atoms with E-state index in [0.29, 0.717) is 25.7 Å². The highest BCUT2D eigenvalue weighted by Gasteiger charge is 2.30. The molecule has 0 aliphatic carbocycles. The van der Waals surface area contributed by atoms with Gasteiger partial charge in [0.2, 0.25) is 0 Å². The summed E-state index contributed by atoms with van der Waals surface area (Å²) in [5, 5.41) is 10.6. The number of esters is 4. The fraction of sp³-hybridized carbons (Fsp3) is 0.950. The number of hydrogen-bond acceptors (Lipinski definition) is 15. The van der Waals surface area contributed by atoms with Crippen molar-refractivity contribution in [2.75, 3.05) is 39.6 Å². The first-order chi connectivity index (χ1) is 47.8. The van der Waals surface area contributed by atoms with Gasteiger partial charge in [-0.15, -0.1) is 0 Å². The zero-order chi connectivity index (χ0) is 73.0. The van der Waals surface area contributed by atoms with Gasteiger partial charge in [-0.1, -0.05) is 363 Å². The van der Waals surface area contributed by atoms with E-state index in [1.165, 1.54) is 225 Å². The number of phosphoric acid groups is 2. The maximum absolute atomic E-state index is 13.1. The molecule has 0 rings (SSSR count). The molecule has 0 saturated heterocycles. The maximum atomic E-state index is 13.1. The van der Waals surface area contributed by atoms with Gasteiger partial charge in [-0.3, -0.25) is 37.3 Å². The zero-order valence-corrected chi connectivity index (χ0v) is 66.8. The van der Waals surface area contributed by atoms with E-state index in [1.807, 2.05) is 0 Å². The van der Waals surface area contributed by atoms with Crippen LogP contribution in [0.1, 0.15) is 414 Å². The van der Waals surface area contributed by atoms with Crippen molar-refractivity contribution in [1.82, 2.24) is 0 Å². The lowest BCUT2D eigenvalue weighted by molar-refractivity contribution is -0.161. The Morgan fingerprint density at radius 3 is 0.768 bits per heavy atom. The highest BCUT2D eigenvalue weighted by Crippen LogP contribution is 2.45. The number of carbonyl (C=O) groups is 4.